The molecule has 0 aliphatic carbocycles. The van der Waals surface area contributed by atoms with Crippen LogP contribution in [0.3, 0.4) is 0 Å². The highest BCUT2D eigenvalue weighted by molar-refractivity contribution is 7.80. The Morgan fingerprint density at radius 1 is 1.30 bits per heavy atom. The Morgan fingerprint density at radius 2 is 2.00 bits per heavy atom. The zero-order valence-electron chi connectivity index (χ0n) is 10.7. The topological polar surface area (TPSA) is 54.4 Å². The number of rotatable bonds is 3. The lowest BCUT2D eigenvalue weighted by Gasteiger charge is -2.08. The van der Waals surface area contributed by atoms with E-state index in [4.69, 9.17) is 16.0 Å². The Labute approximate surface area is 119 Å². The summed E-state index contributed by atoms with van der Waals surface area (Å²) in [6, 6.07) is 13.7. The van der Waals surface area contributed by atoms with Crippen LogP contribution in [0, 0.1) is 24.8 Å². The van der Waals surface area contributed by atoms with Gasteiger partial charge >= 0.3 is 0 Å². The molecular weight excluding hydrogens is 272 g/mol. The van der Waals surface area contributed by atoms with Crippen LogP contribution in [0.4, 0.5) is 5.69 Å². The largest absolute Gasteiger partial charge is 0.409 e. The summed E-state index contributed by atoms with van der Waals surface area (Å²) in [7, 11) is 0. The second-order valence-corrected chi connectivity index (χ2v) is 5.10. The summed E-state index contributed by atoms with van der Waals surface area (Å²) in [5, 5.41) is 9.00. The predicted octanol–water partition coefficient (Wildman–Crippen LogP) is 3.52. The van der Waals surface area contributed by atoms with Crippen molar-refractivity contribution >= 4 is 16.8 Å². The van der Waals surface area contributed by atoms with Crippen LogP contribution in [-0.4, -0.2) is 4.21 Å². The fraction of sp³-hybridized carbons (Fsp3) is 0.0667. The molecule has 0 fully saturated rings. The first-order valence-corrected chi connectivity index (χ1v) is 6.80. The summed E-state index contributed by atoms with van der Waals surface area (Å²) < 4.78 is 17.4. The number of hydrogen-bond donors (Lipinski definition) is 0. The molecule has 0 bridgehead atoms. The Balaban J connectivity index is 2.37. The fourth-order valence-electron chi connectivity index (χ4n) is 1.61. The van der Waals surface area contributed by atoms with Crippen molar-refractivity contribution in [3.8, 4) is 11.8 Å². The number of aryl methyl sites for hydroxylation is 1. The van der Waals surface area contributed by atoms with Crippen LogP contribution in [0.5, 0.6) is 5.75 Å². The van der Waals surface area contributed by atoms with E-state index in [0.717, 1.165) is 0 Å². The molecule has 98 valence electrons. The summed E-state index contributed by atoms with van der Waals surface area (Å²) in [6.07, 6.45) is 0. The van der Waals surface area contributed by atoms with Gasteiger partial charge < -0.3 is 4.18 Å². The van der Waals surface area contributed by atoms with Crippen LogP contribution in [0.15, 0.2) is 47.4 Å². The number of nitrogens with zero attached hydrogens (tertiary/aromatic N) is 2. The number of hydrogen-bond acceptors (Lipinski definition) is 3. The van der Waals surface area contributed by atoms with Gasteiger partial charge in [-0.1, -0.05) is 18.2 Å². The van der Waals surface area contributed by atoms with Gasteiger partial charge in [0.15, 0.2) is 0 Å². The van der Waals surface area contributed by atoms with Gasteiger partial charge in [0.05, 0.1) is 23.1 Å². The minimum Gasteiger partial charge on any atom is -0.409 e. The third kappa shape index (κ3) is 2.85. The fourth-order valence-corrected chi connectivity index (χ4v) is 2.38. The maximum atomic E-state index is 12.1. The Bertz CT molecular complexity index is 743. The molecule has 2 aromatic rings. The highest BCUT2D eigenvalue weighted by Crippen LogP contribution is 2.32. The lowest BCUT2D eigenvalue weighted by atomic mass is 10.1. The van der Waals surface area contributed by atoms with Gasteiger partial charge in [-0.3, -0.25) is 0 Å². The van der Waals surface area contributed by atoms with E-state index < -0.39 is 11.1 Å². The second-order valence-electron chi connectivity index (χ2n) is 3.99. The van der Waals surface area contributed by atoms with Crippen LogP contribution in [0.2, 0.25) is 0 Å². The van der Waals surface area contributed by atoms with Crippen molar-refractivity contribution in [2.45, 2.75) is 11.8 Å². The molecule has 2 aromatic carbocycles. The van der Waals surface area contributed by atoms with Crippen molar-refractivity contribution in [3.63, 3.8) is 0 Å². The Kier molecular flexibility index (Phi) is 4.14. The quantitative estimate of drug-likeness (QED) is 0.809. The van der Waals surface area contributed by atoms with Crippen molar-refractivity contribution in [2.24, 2.45) is 0 Å². The molecular formula is C15H10N2O2S. The average molecular weight is 282 g/mol. The van der Waals surface area contributed by atoms with E-state index in [2.05, 4.69) is 4.85 Å². The van der Waals surface area contributed by atoms with Crippen LogP contribution < -0.4 is 4.18 Å². The minimum atomic E-state index is -1.72. The first-order valence-electron chi connectivity index (χ1n) is 5.73. The molecule has 0 radical (unpaired) electrons. The van der Waals surface area contributed by atoms with Gasteiger partial charge in [0.25, 0.3) is 0 Å². The molecule has 0 aromatic heterocycles. The van der Waals surface area contributed by atoms with E-state index in [1.54, 1.807) is 37.3 Å². The first-order chi connectivity index (χ1) is 9.65. The van der Waals surface area contributed by atoms with E-state index in [-0.39, 0.29) is 11.4 Å². The van der Waals surface area contributed by atoms with E-state index >= 15 is 0 Å². The van der Waals surface area contributed by atoms with Crippen molar-refractivity contribution < 1.29 is 8.39 Å². The third-order valence-corrected chi connectivity index (χ3v) is 3.64. The summed E-state index contributed by atoms with van der Waals surface area (Å²) in [6.45, 7) is 8.86. The monoisotopic (exact) mass is 282 g/mol. The molecule has 20 heavy (non-hydrogen) atoms. The minimum absolute atomic E-state index is 0.157. The number of nitriles is 1. The summed E-state index contributed by atoms with van der Waals surface area (Å²) in [5.74, 6) is 0.157. The summed E-state index contributed by atoms with van der Waals surface area (Å²) in [4.78, 5) is 3.84. The van der Waals surface area contributed by atoms with Gasteiger partial charge in [-0.15, -0.1) is 0 Å². The molecule has 0 saturated carbocycles. The van der Waals surface area contributed by atoms with Gasteiger partial charge in [-0.25, -0.2) is 9.05 Å². The third-order valence-electron chi connectivity index (χ3n) is 2.65. The van der Waals surface area contributed by atoms with Crippen molar-refractivity contribution in [2.75, 3.05) is 0 Å². The highest BCUT2D eigenvalue weighted by atomic mass is 32.2. The molecule has 0 aliphatic rings. The van der Waals surface area contributed by atoms with Crippen molar-refractivity contribution in [3.05, 3.63) is 65.0 Å². The van der Waals surface area contributed by atoms with E-state index in [1.165, 1.54) is 6.07 Å². The SMILES string of the molecule is [C-]#[N+]c1cc(C)c(C#N)cc1OS(=O)c1ccccc1. The van der Waals surface area contributed by atoms with Crippen molar-refractivity contribution in [1.82, 2.24) is 0 Å². The van der Waals surface area contributed by atoms with Crippen LogP contribution >= 0.6 is 0 Å². The van der Waals surface area contributed by atoms with E-state index in [0.29, 0.717) is 16.0 Å². The smallest absolute Gasteiger partial charge is 0.239 e. The molecule has 0 N–H and O–H groups in total. The van der Waals surface area contributed by atoms with E-state index in [1.807, 2.05) is 12.1 Å². The Morgan fingerprint density at radius 3 is 2.60 bits per heavy atom. The first kappa shape index (κ1) is 13.8. The molecule has 1 unspecified atom stereocenters. The zero-order chi connectivity index (χ0) is 14.5. The summed E-state index contributed by atoms with van der Waals surface area (Å²) in [5.41, 5.74) is 1.33. The predicted molar refractivity (Wildman–Crippen MR) is 75.6 cm³/mol. The lowest BCUT2D eigenvalue weighted by molar-refractivity contribution is 0.564. The average Bonchev–Trinajstić information content (AvgIpc) is 2.49. The van der Waals surface area contributed by atoms with E-state index in [9.17, 15) is 4.21 Å². The molecule has 1 atom stereocenters. The maximum Gasteiger partial charge on any atom is 0.239 e. The molecule has 0 amide bonds. The van der Waals surface area contributed by atoms with Gasteiger partial charge in [0.1, 0.15) is 5.75 Å². The highest BCUT2D eigenvalue weighted by Gasteiger charge is 2.13. The standard InChI is InChI=1S/C15H10N2O2S/c1-11-8-14(17-2)15(9-12(11)10-16)19-20(18)13-6-4-3-5-7-13/h3-9H,1H3. The molecule has 0 spiro atoms. The van der Waals surface area contributed by atoms with Crippen LogP contribution in [0.1, 0.15) is 11.1 Å². The molecule has 0 heterocycles. The molecule has 2 rings (SSSR count). The Hall–Kier alpha value is -2.63. The molecule has 0 saturated heterocycles. The normalized spacial score (nSPS) is 11.2. The van der Waals surface area contributed by atoms with Gasteiger partial charge in [0, 0.05) is 0 Å². The van der Waals surface area contributed by atoms with Crippen LogP contribution in [-0.2, 0) is 11.1 Å². The summed E-state index contributed by atoms with van der Waals surface area (Å²) >= 11 is -1.72. The van der Waals surface area contributed by atoms with Gasteiger partial charge in [-0.2, -0.15) is 5.26 Å². The molecule has 5 heteroatoms. The number of benzene rings is 2. The lowest BCUT2D eigenvalue weighted by Crippen LogP contribution is -2.01. The molecule has 4 nitrogen and oxygen atoms in total. The maximum absolute atomic E-state index is 12.1. The molecule has 0 aliphatic heterocycles. The second kappa shape index (κ2) is 6.01. The van der Waals surface area contributed by atoms with Gasteiger partial charge in [-0.05, 0) is 36.8 Å². The van der Waals surface area contributed by atoms with Crippen molar-refractivity contribution in [1.29, 1.82) is 5.26 Å². The zero-order valence-corrected chi connectivity index (χ0v) is 11.5. The van der Waals surface area contributed by atoms with Gasteiger partial charge in [0.2, 0.25) is 16.8 Å². The van der Waals surface area contributed by atoms with Crippen LogP contribution in [0.25, 0.3) is 4.85 Å².